The van der Waals surface area contributed by atoms with Crippen LogP contribution < -0.4 is 5.32 Å². The fraction of sp³-hybridized carbons (Fsp3) is 0. The van der Waals surface area contributed by atoms with E-state index in [-0.39, 0.29) is 27.3 Å². The molecule has 2 aromatic rings. The van der Waals surface area contributed by atoms with Crippen LogP contribution in [0.5, 0.6) is 0 Å². The number of carboxylic acid groups (broad SMARTS) is 1. The Labute approximate surface area is 122 Å². The van der Waals surface area contributed by atoms with Crippen molar-refractivity contribution in [3.8, 4) is 0 Å². The number of nitrogens with zero attached hydrogens (tertiary/aromatic N) is 3. The number of hydrogen-bond acceptors (Lipinski definition) is 5. The van der Waals surface area contributed by atoms with Gasteiger partial charge < -0.3 is 10.4 Å². The molecule has 0 unspecified atom stereocenters. The molecule has 7 nitrogen and oxygen atoms in total. The summed E-state index contributed by atoms with van der Waals surface area (Å²) in [7, 11) is 0. The van der Waals surface area contributed by atoms with Crippen molar-refractivity contribution in [2.24, 2.45) is 0 Å². The van der Waals surface area contributed by atoms with Crippen molar-refractivity contribution in [1.29, 1.82) is 0 Å². The molecule has 0 atom stereocenters. The minimum Gasteiger partial charge on any atom is -0.478 e. The van der Waals surface area contributed by atoms with Crippen LogP contribution in [0.4, 0.5) is 5.82 Å². The van der Waals surface area contributed by atoms with Gasteiger partial charge in [0.15, 0.2) is 11.0 Å². The zero-order valence-electron chi connectivity index (χ0n) is 9.67. The van der Waals surface area contributed by atoms with Gasteiger partial charge in [-0.1, -0.05) is 23.2 Å². The summed E-state index contributed by atoms with van der Waals surface area (Å²) < 4.78 is 0. The SMILES string of the molecule is O=C(O)c1cccnc1C(=O)Nc1ncnc(Cl)c1Cl. The summed E-state index contributed by atoms with van der Waals surface area (Å²) in [6, 6.07) is 2.67. The van der Waals surface area contributed by atoms with Crippen molar-refractivity contribution < 1.29 is 14.7 Å². The first-order chi connectivity index (χ1) is 9.50. The van der Waals surface area contributed by atoms with Crippen LogP contribution in [0, 0.1) is 0 Å². The van der Waals surface area contributed by atoms with Crippen LogP contribution in [0.2, 0.25) is 10.2 Å². The number of aromatic carboxylic acids is 1. The quantitative estimate of drug-likeness (QED) is 0.841. The Hall–Kier alpha value is -2.25. The molecule has 0 spiro atoms. The van der Waals surface area contributed by atoms with Gasteiger partial charge in [-0.3, -0.25) is 9.78 Å². The van der Waals surface area contributed by atoms with Gasteiger partial charge in [-0.2, -0.15) is 0 Å². The lowest BCUT2D eigenvalue weighted by atomic mass is 10.2. The van der Waals surface area contributed by atoms with Crippen molar-refractivity contribution >= 4 is 40.9 Å². The number of anilines is 1. The molecule has 2 aromatic heterocycles. The van der Waals surface area contributed by atoms with E-state index in [1.807, 2.05) is 0 Å². The summed E-state index contributed by atoms with van der Waals surface area (Å²) in [4.78, 5) is 34.1. The third kappa shape index (κ3) is 2.84. The van der Waals surface area contributed by atoms with Crippen LogP contribution in [0.15, 0.2) is 24.7 Å². The number of halogens is 2. The average molecular weight is 313 g/mol. The highest BCUT2D eigenvalue weighted by Gasteiger charge is 2.19. The van der Waals surface area contributed by atoms with Crippen LogP contribution in [-0.4, -0.2) is 31.9 Å². The van der Waals surface area contributed by atoms with Gasteiger partial charge in [0.25, 0.3) is 5.91 Å². The lowest BCUT2D eigenvalue weighted by molar-refractivity contribution is 0.0691. The topological polar surface area (TPSA) is 105 Å². The maximum atomic E-state index is 12.0. The van der Waals surface area contributed by atoms with Crippen LogP contribution in [0.1, 0.15) is 20.8 Å². The number of rotatable bonds is 3. The fourth-order valence-corrected chi connectivity index (χ4v) is 1.64. The molecule has 0 saturated heterocycles. The smallest absolute Gasteiger partial charge is 0.338 e. The van der Waals surface area contributed by atoms with E-state index in [4.69, 9.17) is 28.3 Å². The molecule has 0 aliphatic rings. The van der Waals surface area contributed by atoms with Crippen LogP contribution in [0.25, 0.3) is 0 Å². The second kappa shape index (κ2) is 5.81. The van der Waals surface area contributed by atoms with Crippen LogP contribution in [0.3, 0.4) is 0 Å². The van der Waals surface area contributed by atoms with Gasteiger partial charge in [0.2, 0.25) is 0 Å². The molecule has 0 bridgehead atoms. The number of pyridine rings is 1. The van der Waals surface area contributed by atoms with E-state index in [1.54, 1.807) is 0 Å². The second-order valence-corrected chi connectivity index (χ2v) is 4.22. The molecule has 2 heterocycles. The first kappa shape index (κ1) is 14.2. The Balaban J connectivity index is 2.34. The molecule has 0 saturated carbocycles. The van der Waals surface area contributed by atoms with Crippen molar-refractivity contribution in [2.75, 3.05) is 5.32 Å². The Morgan fingerprint density at radius 2 is 1.95 bits per heavy atom. The van der Waals surface area contributed by atoms with Gasteiger partial charge >= 0.3 is 5.97 Å². The monoisotopic (exact) mass is 312 g/mol. The van der Waals surface area contributed by atoms with Gasteiger partial charge in [0, 0.05) is 6.20 Å². The zero-order chi connectivity index (χ0) is 14.7. The maximum Gasteiger partial charge on any atom is 0.338 e. The molecule has 0 radical (unpaired) electrons. The van der Waals surface area contributed by atoms with E-state index in [9.17, 15) is 9.59 Å². The normalized spacial score (nSPS) is 10.1. The molecule has 20 heavy (non-hydrogen) atoms. The molecule has 2 rings (SSSR count). The number of carbonyl (C=O) groups is 2. The molecule has 9 heteroatoms. The minimum atomic E-state index is -1.27. The number of carboxylic acids is 1. The Kier molecular flexibility index (Phi) is 4.11. The van der Waals surface area contributed by atoms with E-state index in [0.717, 1.165) is 6.33 Å². The molecule has 0 aromatic carbocycles. The van der Waals surface area contributed by atoms with Gasteiger partial charge in [-0.25, -0.2) is 14.8 Å². The Morgan fingerprint density at radius 1 is 1.20 bits per heavy atom. The van der Waals surface area contributed by atoms with Crippen molar-refractivity contribution in [1.82, 2.24) is 15.0 Å². The second-order valence-electron chi connectivity index (χ2n) is 3.49. The molecule has 0 aliphatic heterocycles. The van der Waals surface area contributed by atoms with Gasteiger partial charge in [-0.15, -0.1) is 0 Å². The molecule has 102 valence electrons. The minimum absolute atomic E-state index is 0.0290. The lowest BCUT2D eigenvalue weighted by Crippen LogP contribution is -2.19. The number of nitrogens with one attached hydrogen (secondary N) is 1. The van der Waals surface area contributed by atoms with E-state index in [2.05, 4.69) is 20.3 Å². The largest absolute Gasteiger partial charge is 0.478 e. The zero-order valence-corrected chi connectivity index (χ0v) is 11.2. The van der Waals surface area contributed by atoms with Crippen LogP contribution in [-0.2, 0) is 0 Å². The molecule has 0 aliphatic carbocycles. The number of carbonyl (C=O) groups excluding carboxylic acids is 1. The number of aromatic nitrogens is 3. The molecular weight excluding hydrogens is 307 g/mol. The van der Waals surface area contributed by atoms with Gasteiger partial charge in [-0.05, 0) is 12.1 Å². The summed E-state index contributed by atoms with van der Waals surface area (Å²) in [6.07, 6.45) is 2.41. The highest BCUT2D eigenvalue weighted by molar-refractivity contribution is 6.43. The summed E-state index contributed by atoms with van der Waals surface area (Å²) >= 11 is 11.5. The number of amides is 1. The summed E-state index contributed by atoms with van der Waals surface area (Å²) in [5, 5.41) is 11.2. The van der Waals surface area contributed by atoms with Gasteiger partial charge in [0.05, 0.1) is 5.56 Å². The van der Waals surface area contributed by atoms with Crippen molar-refractivity contribution in [3.63, 3.8) is 0 Å². The average Bonchev–Trinajstić information content (AvgIpc) is 2.43. The molecule has 1 amide bonds. The fourth-order valence-electron chi connectivity index (χ4n) is 1.36. The van der Waals surface area contributed by atoms with Crippen molar-refractivity contribution in [3.05, 3.63) is 46.1 Å². The Bertz CT molecular complexity index is 693. The van der Waals surface area contributed by atoms with Crippen LogP contribution >= 0.6 is 23.2 Å². The number of hydrogen-bond donors (Lipinski definition) is 2. The third-order valence-electron chi connectivity index (χ3n) is 2.23. The summed E-state index contributed by atoms with van der Waals surface area (Å²) in [5.41, 5.74) is -0.493. The maximum absolute atomic E-state index is 12.0. The van der Waals surface area contributed by atoms with E-state index in [0.29, 0.717) is 0 Å². The van der Waals surface area contributed by atoms with E-state index >= 15 is 0 Å². The standard InChI is InChI=1S/C11H6Cl2N4O3/c12-6-8(13)15-4-16-9(6)17-10(18)7-5(11(19)20)2-1-3-14-7/h1-4H,(H,19,20)(H,15,16,17,18). The van der Waals surface area contributed by atoms with Crippen molar-refractivity contribution in [2.45, 2.75) is 0 Å². The molecule has 0 fully saturated rings. The van der Waals surface area contributed by atoms with E-state index in [1.165, 1.54) is 18.3 Å². The first-order valence-corrected chi connectivity index (χ1v) is 5.92. The Morgan fingerprint density at radius 3 is 2.65 bits per heavy atom. The predicted molar refractivity (Wildman–Crippen MR) is 71.2 cm³/mol. The third-order valence-corrected chi connectivity index (χ3v) is 2.97. The van der Waals surface area contributed by atoms with E-state index < -0.39 is 11.9 Å². The predicted octanol–water partition coefficient (Wildman–Crippen LogP) is 2.13. The summed E-state index contributed by atoms with van der Waals surface area (Å²) in [6.45, 7) is 0. The highest BCUT2D eigenvalue weighted by atomic mass is 35.5. The molecule has 2 N–H and O–H groups in total. The first-order valence-electron chi connectivity index (χ1n) is 5.16. The lowest BCUT2D eigenvalue weighted by Gasteiger charge is -2.07. The van der Waals surface area contributed by atoms with Gasteiger partial charge in [0.1, 0.15) is 17.0 Å². The molecular formula is C11H6Cl2N4O3. The summed E-state index contributed by atoms with van der Waals surface area (Å²) in [5.74, 6) is -2.06. The highest BCUT2D eigenvalue weighted by Crippen LogP contribution is 2.25.